The first-order chi connectivity index (χ1) is 12.7. The van der Waals surface area contributed by atoms with Crippen molar-refractivity contribution >= 4 is 5.78 Å². The van der Waals surface area contributed by atoms with Crippen LogP contribution in [0.25, 0.3) is 0 Å². The normalized spacial score (nSPS) is 19.5. The predicted octanol–water partition coefficient (Wildman–Crippen LogP) is 3.05. The summed E-state index contributed by atoms with van der Waals surface area (Å²) < 4.78 is 24.8. The molecule has 0 radical (unpaired) electrons. The van der Waals surface area contributed by atoms with Crippen molar-refractivity contribution in [1.29, 1.82) is 0 Å². The molecule has 0 amide bonds. The standard InChI is InChI=1S/C20H21FN2O3/c21-17-4-2-1-3-16(17)14-5-7-23(13-14)8-6-18(24)15-11-19-20(22-12-15)26-10-9-25-19/h1-4,11-12,14H,5-10,13H2. The maximum absolute atomic E-state index is 13.9. The van der Waals surface area contributed by atoms with Crippen LogP contribution in [0.15, 0.2) is 36.5 Å². The van der Waals surface area contributed by atoms with Gasteiger partial charge in [-0.15, -0.1) is 0 Å². The number of hydrogen-bond acceptors (Lipinski definition) is 5. The van der Waals surface area contributed by atoms with Gasteiger partial charge in [0.2, 0.25) is 0 Å². The van der Waals surface area contributed by atoms with Gasteiger partial charge in [0.1, 0.15) is 19.0 Å². The third kappa shape index (κ3) is 3.55. The summed E-state index contributed by atoms with van der Waals surface area (Å²) in [5, 5.41) is 0. The fourth-order valence-electron chi connectivity index (χ4n) is 3.59. The lowest BCUT2D eigenvalue weighted by Crippen LogP contribution is -2.24. The highest BCUT2D eigenvalue weighted by molar-refractivity contribution is 5.96. The summed E-state index contributed by atoms with van der Waals surface area (Å²) in [6, 6.07) is 8.66. The van der Waals surface area contributed by atoms with E-state index in [-0.39, 0.29) is 17.5 Å². The smallest absolute Gasteiger partial charge is 0.257 e. The third-order valence-corrected chi connectivity index (χ3v) is 4.99. The van der Waals surface area contributed by atoms with Gasteiger partial charge in [0.25, 0.3) is 5.88 Å². The molecule has 2 aromatic rings. The lowest BCUT2D eigenvalue weighted by molar-refractivity contribution is 0.0966. The van der Waals surface area contributed by atoms with E-state index in [1.807, 2.05) is 12.1 Å². The van der Waals surface area contributed by atoms with Gasteiger partial charge in [-0.25, -0.2) is 9.37 Å². The lowest BCUT2D eigenvalue weighted by Gasteiger charge is -2.18. The Balaban J connectivity index is 1.33. The van der Waals surface area contributed by atoms with Crippen LogP contribution in [-0.2, 0) is 0 Å². The first kappa shape index (κ1) is 17.0. The van der Waals surface area contributed by atoms with Crippen LogP contribution in [0.1, 0.15) is 34.7 Å². The van der Waals surface area contributed by atoms with Crippen LogP contribution < -0.4 is 9.47 Å². The molecule has 1 atom stereocenters. The van der Waals surface area contributed by atoms with Crippen LogP contribution in [0, 0.1) is 5.82 Å². The highest BCUT2D eigenvalue weighted by atomic mass is 19.1. The molecule has 0 bridgehead atoms. The van der Waals surface area contributed by atoms with Crippen molar-refractivity contribution < 1.29 is 18.7 Å². The van der Waals surface area contributed by atoms with Crippen molar-refractivity contribution in [3.8, 4) is 11.6 Å². The molecule has 5 nitrogen and oxygen atoms in total. The minimum absolute atomic E-state index is 0.0313. The number of pyridine rings is 1. The number of rotatable bonds is 5. The average Bonchev–Trinajstić information content (AvgIpc) is 3.15. The quantitative estimate of drug-likeness (QED) is 0.771. The topological polar surface area (TPSA) is 51.7 Å². The molecule has 26 heavy (non-hydrogen) atoms. The zero-order chi connectivity index (χ0) is 17.9. The molecule has 1 aromatic heterocycles. The van der Waals surface area contributed by atoms with Crippen LogP contribution >= 0.6 is 0 Å². The van der Waals surface area contributed by atoms with E-state index in [1.165, 1.54) is 6.07 Å². The van der Waals surface area contributed by atoms with Crippen LogP contribution in [0.3, 0.4) is 0 Å². The summed E-state index contributed by atoms with van der Waals surface area (Å²) >= 11 is 0. The molecule has 0 N–H and O–H groups in total. The second kappa shape index (κ2) is 7.41. The molecule has 2 aliphatic heterocycles. The third-order valence-electron chi connectivity index (χ3n) is 4.99. The van der Waals surface area contributed by atoms with E-state index in [0.717, 1.165) is 25.1 Å². The molecular weight excluding hydrogens is 335 g/mol. The number of likely N-dealkylation sites (tertiary alicyclic amines) is 1. The first-order valence-corrected chi connectivity index (χ1v) is 8.96. The minimum atomic E-state index is -0.141. The molecule has 1 fully saturated rings. The van der Waals surface area contributed by atoms with Crippen molar-refractivity contribution in [1.82, 2.24) is 9.88 Å². The van der Waals surface area contributed by atoms with Gasteiger partial charge >= 0.3 is 0 Å². The molecule has 4 rings (SSSR count). The minimum Gasteiger partial charge on any atom is -0.484 e. The number of aromatic nitrogens is 1. The highest BCUT2D eigenvalue weighted by Gasteiger charge is 2.26. The van der Waals surface area contributed by atoms with E-state index >= 15 is 0 Å². The Bertz CT molecular complexity index is 811. The molecule has 1 unspecified atom stereocenters. The fourth-order valence-corrected chi connectivity index (χ4v) is 3.59. The fraction of sp³-hybridized carbons (Fsp3) is 0.400. The molecule has 0 saturated carbocycles. The van der Waals surface area contributed by atoms with E-state index in [0.29, 0.717) is 43.4 Å². The monoisotopic (exact) mass is 356 g/mol. The van der Waals surface area contributed by atoms with Gasteiger partial charge in [-0.05, 0) is 30.7 Å². The number of nitrogens with zero attached hydrogens (tertiary/aromatic N) is 2. The summed E-state index contributed by atoms with van der Waals surface area (Å²) in [4.78, 5) is 18.9. The van der Waals surface area contributed by atoms with Gasteiger partial charge in [0.15, 0.2) is 11.5 Å². The number of ketones is 1. The van der Waals surface area contributed by atoms with Crippen LogP contribution in [0.4, 0.5) is 4.39 Å². The van der Waals surface area contributed by atoms with E-state index in [9.17, 15) is 9.18 Å². The van der Waals surface area contributed by atoms with E-state index in [2.05, 4.69) is 9.88 Å². The molecule has 0 aliphatic carbocycles. The summed E-state index contributed by atoms with van der Waals surface area (Å²) in [6.45, 7) is 3.28. The maximum Gasteiger partial charge on any atom is 0.257 e. The second-order valence-electron chi connectivity index (χ2n) is 6.71. The molecule has 1 aromatic carbocycles. The number of benzene rings is 1. The summed E-state index contributed by atoms with van der Waals surface area (Å²) in [5.41, 5.74) is 1.32. The molecule has 6 heteroatoms. The Morgan fingerprint density at radius 2 is 2.12 bits per heavy atom. The van der Waals surface area contributed by atoms with Gasteiger partial charge in [-0.1, -0.05) is 18.2 Å². The molecule has 0 spiro atoms. The van der Waals surface area contributed by atoms with Crippen molar-refractivity contribution in [3.05, 3.63) is 53.5 Å². The molecule has 1 saturated heterocycles. The Morgan fingerprint density at radius 1 is 1.27 bits per heavy atom. The number of Topliss-reactive ketones (excluding diaryl/α,β-unsaturated/α-hetero) is 1. The Hall–Kier alpha value is -2.47. The van der Waals surface area contributed by atoms with Crippen LogP contribution in [0.5, 0.6) is 11.6 Å². The van der Waals surface area contributed by atoms with E-state index in [4.69, 9.17) is 9.47 Å². The van der Waals surface area contributed by atoms with Crippen LogP contribution in [-0.4, -0.2) is 48.5 Å². The van der Waals surface area contributed by atoms with Crippen molar-refractivity contribution in [2.45, 2.75) is 18.8 Å². The first-order valence-electron chi connectivity index (χ1n) is 8.96. The van der Waals surface area contributed by atoms with E-state index in [1.54, 1.807) is 18.3 Å². The molecule has 136 valence electrons. The van der Waals surface area contributed by atoms with Gasteiger partial charge in [0.05, 0.1) is 0 Å². The lowest BCUT2D eigenvalue weighted by atomic mass is 9.98. The van der Waals surface area contributed by atoms with Crippen LogP contribution in [0.2, 0.25) is 0 Å². The molecular formula is C20H21FN2O3. The Labute approximate surface area is 151 Å². The second-order valence-corrected chi connectivity index (χ2v) is 6.71. The van der Waals surface area contributed by atoms with Gasteiger partial charge < -0.3 is 14.4 Å². The maximum atomic E-state index is 13.9. The Kier molecular flexibility index (Phi) is 4.84. The Morgan fingerprint density at radius 3 is 3.00 bits per heavy atom. The predicted molar refractivity (Wildman–Crippen MR) is 94.4 cm³/mol. The zero-order valence-electron chi connectivity index (χ0n) is 14.5. The van der Waals surface area contributed by atoms with Crippen molar-refractivity contribution in [2.24, 2.45) is 0 Å². The van der Waals surface area contributed by atoms with Gasteiger partial charge in [0, 0.05) is 37.2 Å². The number of hydrogen-bond donors (Lipinski definition) is 0. The largest absolute Gasteiger partial charge is 0.484 e. The van der Waals surface area contributed by atoms with E-state index < -0.39 is 0 Å². The number of fused-ring (bicyclic) bond motifs is 1. The highest BCUT2D eigenvalue weighted by Crippen LogP contribution is 2.30. The van der Waals surface area contributed by atoms with Crippen molar-refractivity contribution in [3.63, 3.8) is 0 Å². The zero-order valence-corrected chi connectivity index (χ0v) is 14.5. The summed E-state index contributed by atoms with van der Waals surface area (Å²) in [6.07, 6.45) is 2.87. The number of halogens is 1. The number of carbonyl (C=O) groups excluding carboxylic acids is 1. The molecule has 3 heterocycles. The summed E-state index contributed by atoms with van der Waals surface area (Å²) in [5.74, 6) is 1.06. The summed E-state index contributed by atoms with van der Waals surface area (Å²) in [7, 11) is 0. The van der Waals surface area contributed by atoms with Gasteiger partial charge in [-0.3, -0.25) is 4.79 Å². The number of ether oxygens (including phenoxy) is 2. The van der Waals surface area contributed by atoms with Crippen molar-refractivity contribution in [2.75, 3.05) is 32.8 Å². The average molecular weight is 356 g/mol. The SMILES string of the molecule is O=C(CCN1CCC(c2ccccc2F)C1)c1cnc2c(c1)OCCO2. The number of carbonyl (C=O) groups is 1. The molecule has 2 aliphatic rings. The van der Waals surface area contributed by atoms with Gasteiger partial charge in [-0.2, -0.15) is 0 Å².